The molecule has 4 nitrogen and oxygen atoms in total. The van der Waals surface area contributed by atoms with Gasteiger partial charge in [0.25, 0.3) is 0 Å². The van der Waals surface area contributed by atoms with E-state index in [4.69, 9.17) is 14.6 Å². The number of hydrogen-bond acceptors (Lipinski definition) is 3. The van der Waals surface area contributed by atoms with Gasteiger partial charge in [0, 0.05) is 0 Å². The molecule has 0 spiro atoms. The molecule has 0 unspecified atom stereocenters. The molecule has 0 radical (unpaired) electrons. The summed E-state index contributed by atoms with van der Waals surface area (Å²) >= 11 is 0. The Morgan fingerprint density at radius 3 is 2.71 bits per heavy atom. The number of ether oxygens (including phenoxy) is 2. The van der Waals surface area contributed by atoms with Crippen LogP contribution in [0.25, 0.3) is 0 Å². The molecular formula is C13H18O4. The number of benzene rings is 1. The van der Waals surface area contributed by atoms with E-state index in [1.807, 2.05) is 0 Å². The van der Waals surface area contributed by atoms with E-state index in [9.17, 15) is 4.79 Å². The summed E-state index contributed by atoms with van der Waals surface area (Å²) in [5.41, 5.74) is 0.140. The van der Waals surface area contributed by atoms with Crippen molar-refractivity contribution in [1.29, 1.82) is 0 Å². The zero-order valence-corrected chi connectivity index (χ0v) is 10.2. The summed E-state index contributed by atoms with van der Waals surface area (Å²) in [6, 6.07) is 4.80. The van der Waals surface area contributed by atoms with Crippen molar-refractivity contribution < 1.29 is 19.4 Å². The van der Waals surface area contributed by atoms with Gasteiger partial charge in [0.2, 0.25) is 0 Å². The molecule has 0 aromatic heterocycles. The number of methoxy groups -OCH3 is 1. The Morgan fingerprint density at radius 1 is 1.35 bits per heavy atom. The number of unbranched alkanes of at least 4 members (excludes halogenated alkanes) is 2. The zero-order valence-electron chi connectivity index (χ0n) is 10.2. The third kappa shape index (κ3) is 3.98. The molecule has 4 heteroatoms. The molecule has 0 atom stereocenters. The Morgan fingerprint density at radius 2 is 2.12 bits per heavy atom. The van der Waals surface area contributed by atoms with Crippen molar-refractivity contribution in [2.75, 3.05) is 13.7 Å². The molecule has 1 aromatic rings. The molecule has 94 valence electrons. The van der Waals surface area contributed by atoms with Crippen LogP contribution in [0.1, 0.15) is 36.5 Å². The molecule has 0 amide bonds. The van der Waals surface area contributed by atoms with Crippen molar-refractivity contribution in [3.63, 3.8) is 0 Å². The molecule has 0 heterocycles. The fourth-order valence-electron chi connectivity index (χ4n) is 1.46. The second-order valence-corrected chi connectivity index (χ2v) is 3.72. The van der Waals surface area contributed by atoms with Crippen LogP contribution in [0.5, 0.6) is 11.5 Å². The predicted molar refractivity (Wildman–Crippen MR) is 65.0 cm³/mol. The Balaban J connectivity index is 2.73. The topological polar surface area (TPSA) is 55.8 Å². The van der Waals surface area contributed by atoms with Gasteiger partial charge < -0.3 is 14.6 Å². The molecule has 0 saturated carbocycles. The van der Waals surface area contributed by atoms with Crippen molar-refractivity contribution >= 4 is 5.97 Å². The van der Waals surface area contributed by atoms with Crippen LogP contribution >= 0.6 is 0 Å². The molecule has 1 aromatic carbocycles. The van der Waals surface area contributed by atoms with Gasteiger partial charge in [0.15, 0.2) is 0 Å². The third-order valence-electron chi connectivity index (χ3n) is 2.42. The second-order valence-electron chi connectivity index (χ2n) is 3.72. The van der Waals surface area contributed by atoms with Crippen molar-refractivity contribution in [2.24, 2.45) is 0 Å². The fraction of sp³-hybridized carbons (Fsp3) is 0.462. The lowest BCUT2D eigenvalue weighted by Crippen LogP contribution is -2.04. The summed E-state index contributed by atoms with van der Waals surface area (Å²) < 4.78 is 10.4. The average molecular weight is 238 g/mol. The lowest BCUT2D eigenvalue weighted by atomic mass is 10.2. The quantitative estimate of drug-likeness (QED) is 0.742. The second kappa shape index (κ2) is 6.78. The van der Waals surface area contributed by atoms with Gasteiger partial charge in [0.05, 0.1) is 13.7 Å². The van der Waals surface area contributed by atoms with Gasteiger partial charge in [-0.25, -0.2) is 4.79 Å². The number of aromatic carboxylic acids is 1. The summed E-state index contributed by atoms with van der Waals surface area (Å²) in [5.74, 6) is -0.0906. The first kappa shape index (κ1) is 13.4. The van der Waals surface area contributed by atoms with Gasteiger partial charge in [-0.05, 0) is 24.6 Å². The SMILES string of the molecule is CCCCCOc1ccc(OC)cc1C(=O)O. The lowest BCUT2D eigenvalue weighted by Gasteiger charge is -2.10. The van der Waals surface area contributed by atoms with E-state index in [2.05, 4.69) is 6.92 Å². The minimum atomic E-state index is -1.01. The number of carboxylic acids is 1. The molecule has 1 N–H and O–H groups in total. The van der Waals surface area contributed by atoms with Crippen LogP contribution in [0.2, 0.25) is 0 Å². The highest BCUT2D eigenvalue weighted by molar-refractivity contribution is 5.91. The first-order chi connectivity index (χ1) is 8.19. The Bertz CT molecular complexity index is 374. The summed E-state index contributed by atoms with van der Waals surface area (Å²) in [4.78, 5) is 11.0. The van der Waals surface area contributed by atoms with Gasteiger partial charge in [-0.2, -0.15) is 0 Å². The first-order valence-electron chi connectivity index (χ1n) is 5.73. The predicted octanol–water partition coefficient (Wildman–Crippen LogP) is 2.96. The standard InChI is InChI=1S/C13H18O4/c1-3-4-5-8-17-12-7-6-10(16-2)9-11(12)13(14)15/h6-7,9H,3-5,8H2,1-2H3,(H,14,15). The van der Waals surface area contributed by atoms with Gasteiger partial charge >= 0.3 is 5.97 Å². The summed E-state index contributed by atoms with van der Waals surface area (Å²) in [6.45, 7) is 2.65. The molecule has 17 heavy (non-hydrogen) atoms. The largest absolute Gasteiger partial charge is 0.497 e. The van der Waals surface area contributed by atoms with Crippen LogP contribution in [0.4, 0.5) is 0 Å². The molecule has 1 rings (SSSR count). The normalized spacial score (nSPS) is 10.0. The zero-order chi connectivity index (χ0) is 12.7. The van der Waals surface area contributed by atoms with E-state index in [1.165, 1.54) is 13.2 Å². The molecule has 0 aliphatic rings. The van der Waals surface area contributed by atoms with Crippen molar-refractivity contribution in [3.8, 4) is 11.5 Å². The van der Waals surface area contributed by atoms with Crippen molar-refractivity contribution in [3.05, 3.63) is 23.8 Å². The van der Waals surface area contributed by atoms with Crippen LogP contribution in [-0.2, 0) is 0 Å². The monoisotopic (exact) mass is 238 g/mol. The van der Waals surface area contributed by atoms with Gasteiger partial charge in [-0.1, -0.05) is 19.8 Å². The smallest absolute Gasteiger partial charge is 0.339 e. The van der Waals surface area contributed by atoms with E-state index in [-0.39, 0.29) is 5.56 Å². The summed E-state index contributed by atoms with van der Waals surface area (Å²) in [5, 5.41) is 9.05. The molecule has 0 bridgehead atoms. The minimum absolute atomic E-state index is 0.140. The molecule has 0 aliphatic heterocycles. The van der Waals surface area contributed by atoms with Crippen LogP contribution in [0.15, 0.2) is 18.2 Å². The third-order valence-corrected chi connectivity index (χ3v) is 2.42. The Hall–Kier alpha value is -1.71. The maximum Gasteiger partial charge on any atom is 0.339 e. The van der Waals surface area contributed by atoms with E-state index >= 15 is 0 Å². The van der Waals surface area contributed by atoms with E-state index < -0.39 is 5.97 Å². The van der Waals surface area contributed by atoms with Crippen molar-refractivity contribution in [2.45, 2.75) is 26.2 Å². The maximum atomic E-state index is 11.0. The van der Waals surface area contributed by atoms with E-state index in [0.29, 0.717) is 18.1 Å². The summed E-state index contributed by atoms with van der Waals surface area (Å²) in [6.07, 6.45) is 3.12. The van der Waals surface area contributed by atoms with Gasteiger partial charge in [-0.3, -0.25) is 0 Å². The number of carboxylic acid groups (broad SMARTS) is 1. The molecule has 0 saturated heterocycles. The fourth-order valence-corrected chi connectivity index (χ4v) is 1.46. The lowest BCUT2D eigenvalue weighted by molar-refractivity contribution is 0.0691. The number of carbonyl (C=O) groups is 1. The Labute approximate surface area is 101 Å². The van der Waals surface area contributed by atoms with Crippen LogP contribution in [-0.4, -0.2) is 24.8 Å². The molecular weight excluding hydrogens is 220 g/mol. The minimum Gasteiger partial charge on any atom is -0.497 e. The average Bonchev–Trinajstić information content (AvgIpc) is 2.34. The molecule has 0 aliphatic carbocycles. The van der Waals surface area contributed by atoms with Crippen LogP contribution < -0.4 is 9.47 Å². The van der Waals surface area contributed by atoms with E-state index in [1.54, 1.807) is 12.1 Å². The van der Waals surface area contributed by atoms with Crippen LogP contribution in [0, 0.1) is 0 Å². The summed E-state index contributed by atoms with van der Waals surface area (Å²) in [7, 11) is 1.50. The van der Waals surface area contributed by atoms with E-state index in [0.717, 1.165) is 19.3 Å². The maximum absolute atomic E-state index is 11.0. The van der Waals surface area contributed by atoms with Gasteiger partial charge in [-0.15, -0.1) is 0 Å². The van der Waals surface area contributed by atoms with Crippen LogP contribution in [0.3, 0.4) is 0 Å². The highest BCUT2D eigenvalue weighted by atomic mass is 16.5. The van der Waals surface area contributed by atoms with Crippen molar-refractivity contribution in [1.82, 2.24) is 0 Å². The highest BCUT2D eigenvalue weighted by Gasteiger charge is 2.12. The number of hydrogen-bond donors (Lipinski definition) is 1. The first-order valence-corrected chi connectivity index (χ1v) is 5.73. The highest BCUT2D eigenvalue weighted by Crippen LogP contribution is 2.24. The Kier molecular flexibility index (Phi) is 5.33. The molecule has 0 fully saturated rings. The van der Waals surface area contributed by atoms with Gasteiger partial charge in [0.1, 0.15) is 17.1 Å². The number of rotatable bonds is 7.